The molecule has 30 heavy (non-hydrogen) atoms. The smallest absolute Gasteiger partial charge is 0.257 e. The highest BCUT2D eigenvalue weighted by atomic mass is 19.1. The molecule has 1 aliphatic rings. The van der Waals surface area contributed by atoms with E-state index in [0.717, 1.165) is 31.0 Å². The number of pyridine rings is 1. The average Bonchev–Trinajstić information content (AvgIpc) is 2.73. The summed E-state index contributed by atoms with van der Waals surface area (Å²) in [5, 5.41) is 5.12. The molecule has 7 nitrogen and oxygen atoms in total. The number of halogens is 2. The first-order valence-corrected chi connectivity index (χ1v) is 9.71. The largest absolute Gasteiger partial charge is 0.378 e. The van der Waals surface area contributed by atoms with Gasteiger partial charge in [0, 0.05) is 13.1 Å². The number of carbonyl (C=O) groups excluding carboxylic acids is 2. The Morgan fingerprint density at radius 3 is 2.33 bits per heavy atom. The van der Waals surface area contributed by atoms with Gasteiger partial charge in [-0.3, -0.25) is 9.59 Å². The van der Waals surface area contributed by atoms with Gasteiger partial charge in [-0.05, 0) is 30.2 Å². The van der Waals surface area contributed by atoms with Crippen molar-refractivity contribution in [1.82, 2.24) is 10.3 Å². The highest BCUT2D eigenvalue weighted by molar-refractivity contribution is 6.01. The first kappa shape index (κ1) is 21.6. The normalized spacial score (nSPS) is 15.0. The van der Waals surface area contributed by atoms with Crippen molar-refractivity contribution in [3.8, 4) is 0 Å². The first-order valence-electron chi connectivity index (χ1n) is 9.71. The molecule has 0 spiro atoms. The zero-order valence-electron chi connectivity index (χ0n) is 16.8. The number of carbonyl (C=O) groups is 2. The van der Waals surface area contributed by atoms with Crippen LogP contribution in [-0.4, -0.2) is 49.1 Å². The van der Waals surface area contributed by atoms with E-state index in [1.807, 2.05) is 0 Å². The summed E-state index contributed by atoms with van der Waals surface area (Å²) in [6.45, 7) is 6.21. The Labute approximate surface area is 173 Å². The molecule has 2 aromatic rings. The van der Waals surface area contributed by atoms with Crippen molar-refractivity contribution in [3.05, 3.63) is 53.7 Å². The van der Waals surface area contributed by atoms with Crippen molar-refractivity contribution in [1.29, 1.82) is 0 Å². The van der Waals surface area contributed by atoms with Gasteiger partial charge in [0.15, 0.2) is 0 Å². The minimum atomic E-state index is -0.990. The summed E-state index contributed by atoms with van der Waals surface area (Å²) >= 11 is 0. The van der Waals surface area contributed by atoms with Crippen molar-refractivity contribution in [3.63, 3.8) is 0 Å². The van der Waals surface area contributed by atoms with Crippen LogP contribution in [0.2, 0.25) is 0 Å². The molecule has 160 valence electrons. The summed E-state index contributed by atoms with van der Waals surface area (Å²) in [6, 6.07) is 5.66. The molecule has 1 aliphatic heterocycles. The zero-order chi connectivity index (χ0) is 21.7. The van der Waals surface area contributed by atoms with Crippen LogP contribution < -0.4 is 15.5 Å². The van der Waals surface area contributed by atoms with Crippen molar-refractivity contribution in [2.75, 3.05) is 36.5 Å². The van der Waals surface area contributed by atoms with Crippen molar-refractivity contribution >= 4 is 23.3 Å². The third kappa shape index (κ3) is 5.10. The highest BCUT2D eigenvalue weighted by Crippen LogP contribution is 2.17. The number of nitrogens with zero attached hydrogens (tertiary/aromatic N) is 2. The fraction of sp³-hybridized carbons (Fsp3) is 0.381. The summed E-state index contributed by atoms with van der Waals surface area (Å²) < 4.78 is 33.1. The predicted octanol–water partition coefficient (Wildman–Crippen LogP) is 2.59. The molecule has 2 amide bonds. The van der Waals surface area contributed by atoms with E-state index in [0.29, 0.717) is 18.9 Å². The van der Waals surface area contributed by atoms with E-state index in [1.54, 1.807) is 26.0 Å². The van der Waals surface area contributed by atoms with Gasteiger partial charge >= 0.3 is 0 Å². The number of anilines is 2. The standard InChI is InChI=1S/C21H24F2N4O3/c1-13(2)19(26-20(28)18-15(22)4-3-5-16(18)23)21(29)25-14-6-7-17(24-12-14)27-8-10-30-11-9-27/h3-7,12-13,19H,8-11H2,1-2H3,(H,25,29)(H,26,28). The lowest BCUT2D eigenvalue weighted by Gasteiger charge is -2.27. The Morgan fingerprint density at radius 2 is 1.77 bits per heavy atom. The van der Waals surface area contributed by atoms with E-state index >= 15 is 0 Å². The lowest BCUT2D eigenvalue weighted by atomic mass is 10.0. The van der Waals surface area contributed by atoms with Gasteiger partial charge < -0.3 is 20.3 Å². The van der Waals surface area contributed by atoms with Gasteiger partial charge in [0.25, 0.3) is 5.91 Å². The van der Waals surface area contributed by atoms with Crippen LogP contribution >= 0.6 is 0 Å². The number of amides is 2. The molecule has 3 rings (SSSR count). The van der Waals surface area contributed by atoms with Crippen LogP contribution in [-0.2, 0) is 9.53 Å². The average molecular weight is 418 g/mol. The molecule has 0 aliphatic carbocycles. The van der Waals surface area contributed by atoms with Crippen LogP contribution in [0, 0.1) is 17.6 Å². The van der Waals surface area contributed by atoms with Crippen LogP contribution in [0.3, 0.4) is 0 Å². The van der Waals surface area contributed by atoms with Gasteiger partial charge in [-0.1, -0.05) is 19.9 Å². The van der Waals surface area contributed by atoms with Crippen LogP contribution in [0.5, 0.6) is 0 Å². The number of hydrogen-bond donors (Lipinski definition) is 2. The molecule has 9 heteroatoms. The maximum absolute atomic E-state index is 13.9. The highest BCUT2D eigenvalue weighted by Gasteiger charge is 2.27. The Hall–Kier alpha value is -3.07. The quantitative estimate of drug-likeness (QED) is 0.754. The molecular weight excluding hydrogens is 394 g/mol. The molecule has 1 aromatic heterocycles. The Morgan fingerprint density at radius 1 is 1.10 bits per heavy atom. The maximum atomic E-state index is 13.9. The molecule has 0 saturated carbocycles. The van der Waals surface area contributed by atoms with Gasteiger partial charge in [0.05, 0.1) is 25.1 Å². The van der Waals surface area contributed by atoms with E-state index in [9.17, 15) is 18.4 Å². The van der Waals surface area contributed by atoms with E-state index in [2.05, 4.69) is 20.5 Å². The van der Waals surface area contributed by atoms with E-state index in [4.69, 9.17) is 4.74 Å². The van der Waals surface area contributed by atoms with Crippen molar-refractivity contribution in [2.45, 2.75) is 19.9 Å². The third-order valence-corrected chi connectivity index (χ3v) is 4.78. The molecule has 1 aromatic carbocycles. The van der Waals surface area contributed by atoms with Gasteiger partial charge in [-0.15, -0.1) is 0 Å². The monoisotopic (exact) mass is 418 g/mol. The topological polar surface area (TPSA) is 83.6 Å². The summed E-state index contributed by atoms with van der Waals surface area (Å²) in [7, 11) is 0. The number of aromatic nitrogens is 1. The minimum absolute atomic E-state index is 0.315. The van der Waals surface area contributed by atoms with E-state index in [1.165, 1.54) is 12.3 Å². The Kier molecular flexibility index (Phi) is 6.94. The second-order valence-electron chi connectivity index (χ2n) is 7.29. The van der Waals surface area contributed by atoms with Crippen LogP contribution in [0.25, 0.3) is 0 Å². The van der Waals surface area contributed by atoms with Crippen molar-refractivity contribution in [2.24, 2.45) is 5.92 Å². The van der Waals surface area contributed by atoms with E-state index in [-0.39, 0.29) is 5.92 Å². The predicted molar refractivity (Wildman–Crippen MR) is 108 cm³/mol. The van der Waals surface area contributed by atoms with Crippen molar-refractivity contribution < 1.29 is 23.1 Å². The molecule has 2 N–H and O–H groups in total. The molecule has 0 bridgehead atoms. The number of nitrogens with one attached hydrogen (secondary N) is 2. The number of ether oxygens (including phenoxy) is 1. The number of morpholine rings is 1. The molecule has 2 heterocycles. The fourth-order valence-electron chi connectivity index (χ4n) is 3.12. The van der Waals surface area contributed by atoms with Gasteiger partial charge in [0.1, 0.15) is 29.1 Å². The van der Waals surface area contributed by atoms with Crippen LogP contribution in [0.15, 0.2) is 36.5 Å². The molecular formula is C21H24F2N4O3. The lowest BCUT2D eigenvalue weighted by Crippen LogP contribution is -2.47. The summed E-state index contributed by atoms with van der Waals surface area (Å²) in [5.41, 5.74) is -0.263. The SMILES string of the molecule is CC(C)C(NC(=O)c1c(F)cccc1F)C(=O)Nc1ccc(N2CCOCC2)nc1. The summed E-state index contributed by atoms with van der Waals surface area (Å²) in [4.78, 5) is 31.5. The minimum Gasteiger partial charge on any atom is -0.378 e. The molecule has 1 saturated heterocycles. The van der Waals surface area contributed by atoms with E-state index < -0.39 is 35.1 Å². The first-order chi connectivity index (χ1) is 14.4. The van der Waals surface area contributed by atoms with Gasteiger partial charge in [-0.2, -0.15) is 0 Å². The summed E-state index contributed by atoms with van der Waals surface area (Å²) in [6.07, 6.45) is 1.53. The van der Waals surface area contributed by atoms with Crippen LogP contribution in [0.4, 0.5) is 20.3 Å². The van der Waals surface area contributed by atoms with Gasteiger partial charge in [-0.25, -0.2) is 13.8 Å². The zero-order valence-corrected chi connectivity index (χ0v) is 16.8. The molecule has 1 fully saturated rings. The summed E-state index contributed by atoms with van der Waals surface area (Å²) in [5.74, 6) is -3.00. The van der Waals surface area contributed by atoms with Crippen LogP contribution in [0.1, 0.15) is 24.2 Å². The second kappa shape index (κ2) is 9.62. The second-order valence-corrected chi connectivity index (χ2v) is 7.29. The number of hydrogen-bond acceptors (Lipinski definition) is 5. The van der Waals surface area contributed by atoms with Gasteiger partial charge in [0.2, 0.25) is 5.91 Å². The third-order valence-electron chi connectivity index (χ3n) is 4.78. The lowest BCUT2D eigenvalue weighted by molar-refractivity contribution is -0.118. The Balaban J connectivity index is 1.67. The fourth-order valence-corrected chi connectivity index (χ4v) is 3.12. The number of benzene rings is 1. The molecule has 1 unspecified atom stereocenters. The Bertz CT molecular complexity index is 879. The maximum Gasteiger partial charge on any atom is 0.257 e. The molecule has 1 atom stereocenters. The molecule has 0 radical (unpaired) electrons. The number of rotatable bonds is 6.